The molecular formula is C23H30N4O5. The van der Waals surface area contributed by atoms with Gasteiger partial charge in [-0.3, -0.25) is 24.2 Å². The first kappa shape index (κ1) is 23.4. The number of rotatable bonds is 7. The highest BCUT2D eigenvalue weighted by atomic mass is 16.5. The molecule has 1 aromatic rings. The summed E-state index contributed by atoms with van der Waals surface area (Å²) < 4.78 is 5.06. The van der Waals surface area contributed by atoms with Crippen LogP contribution in [0.2, 0.25) is 0 Å². The number of amides is 2. The van der Waals surface area contributed by atoms with Gasteiger partial charge < -0.3 is 14.5 Å². The molecule has 9 heteroatoms. The van der Waals surface area contributed by atoms with Gasteiger partial charge >= 0.3 is 5.97 Å². The summed E-state index contributed by atoms with van der Waals surface area (Å²) in [6.45, 7) is 4.43. The molecule has 0 N–H and O–H groups in total. The number of hydrogen-bond donors (Lipinski definition) is 0. The highest BCUT2D eigenvalue weighted by molar-refractivity contribution is 6.40. The van der Waals surface area contributed by atoms with Crippen LogP contribution in [0.15, 0.2) is 35.4 Å². The molecule has 0 aromatic heterocycles. The van der Waals surface area contributed by atoms with Gasteiger partial charge in [0, 0.05) is 26.6 Å². The second-order valence-electron chi connectivity index (χ2n) is 8.13. The van der Waals surface area contributed by atoms with Crippen molar-refractivity contribution in [3.63, 3.8) is 0 Å². The maximum absolute atomic E-state index is 12.9. The van der Waals surface area contributed by atoms with Gasteiger partial charge in [0.15, 0.2) is 5.78 Å². The predicted molar refractivity (Wildman–Crippen MR) is 119 cm³/mol. The van der Waals surface area contributed by atoms with Crippen molar-refractivity contribution in [3.8, 4) is 0 Å². The van der Waals surface area contributed by atoms with Crippen LogP contribution in [0.3, 0.4) is 0 Å². The molecule has 2 heterocycles. The summed E-state index contributed by atoms with van der Waals surface area (Å²) in [7, 11) is 1.56. The fraction of sp³-hybridized carbons (Fsp3) is 0.522. The van der Waals surface area contributed by atoms with Gasteiger partial charge in [0.2, 0.25) is 5.91 Å². The van der Waals surface area contributed by atoms with Crippen LogP contribution in [-0.4, -0.2) is 78.4 Å². The Labute approximate surface area is 188 Å². The molecule has 2 aliphatic rings. The molecule has 2 amide bonds. The first-order chi connectivity index (χ1) is 15.3. The topological polar surface area (TPSA) is 99.6 Å². The molecule has 0 saturated carbocycles. The lowest BCUT2D eigenvalue weighted by atomic mass is 9.97. The summed E-state index contributed by atoms with van der Waals surface area (Å²) in [5.41, 5.74) is 0.990. The quantitative estimate of drug-likeness (QED) is 0.593. The number of anilines is 1. The molecule has 172 valence electrons. The molecule has 2 aliphatic heterocycles. The molecule has 1 atom stereocenters. The van der Waals surface area contributed by atoms with Gasteiger partial charge in [-0.15, -0.1) is 0 Å². The Bertz CT molecular complexity index is 893. The number of Topliss-reactive ketones (excluding diaryl/α,β-unsaturated/α-hetero) is 1. The van der Waals surface area contributed by atoms with E-state index in [1.807, 2.05) is 30.3 Å². The van der Waals surface area contributed by atoms with Gasteiger partial charge in [0.05, 0.1) is 24.8 Å². The van der Waals surface area contributed by atoms with E-state index in [1.54, 1.807) is 23.9 Å². The van der Waals surface area contributed by atoms with Crippen LogP contribution in [-0.2, 0) is 23.9 Å². The van der Waals surface area contributed by atoms with Crippen LogP contribution in [0.5, 0.6) is 0 Å². The Morgan fingerprint density at radius 1 is 1.12 bits per heavy atom. The molecule has 0 aliphatic carbocycles. The average Bonchev–Trinajstić information content (AvgIpc) is 3.25. The smallest absolute Gasteiger partial charge is 0.309 e. The summed E-state index contributed by atoms with van der Waals surface area (Å²) in [5.74, 6) is -1.02. The van der Waals surface area contributed by atoms with Crippen LogP contribution >= 0.6 is 0 Å². The van der Waals surface area contributed by atoms with E-state index in [0.717, 1.165) is 5.69 Å². The summed E-state index contributed by atoms with van der Waals surface area (Å²) in [5, 5.41) is 5.99. The number of hydrazone groups is 1. The van der Waals surface area contributed by atoms with Crippen LogP contribution in [0.1, 0.15) is 33.1 Å². The number of carbonyl (C=O) groups excluding carboxylic acids is 4. The third-order valence-electron chi connectivity index (χ3n) is 5.83. The number of ether oxygens (including phenoxy) is 1. The number of benzene rings is 1. The zero-order valence-electron chi connectivity index (χ0n) is 18.8. The highest BCUT2D eigenvalue weighted by Crippen LogP contribution is 2.25. The Hall–Kier alpha value is -3.23. The number of carbonyl (C=O) groups is 4. The van der Waals surface area contributed by atoms with Gasteiger partial charge in [0.25, 0.3) is 5.91 Å². The molecule has 1 unspecified atom stereocenters. The molecule has 32 heavy (non-hydrogen) atoms. The van der Waals surface area contributed by atoms with E-state index in [2.05, 4.69) is 5.10 Å². The average molecular weight is 443 g/mol. The lowest BCUT2D eigenvalue weighted by Gasteiger charge is -2.32. The molecule has 9 nitrogen and oxygen atoms in total. The normalized spacial score (nSPS) is 18.8. The number of hydrogen-bond acceptors (Lipinski definition) is 7. The highest BCUT2D eigenvalue weighted by Gasteiger charge is 2.36. The van der Waals surface area contributed by atoms with E-state index in [1.165, 1.54) is 11.8 Å². The number of likely N-dealkylation sites (tertiary alicyclic amines) is 1. The minimum absolute atomic E-state index is 0.0800. The van der Waals surface area contributed by atoms with E-state index >= 15 is 0 Å². The van der Waals surface area contributed by atoms with Crippen molar-refractivity contribution in [2.45, 2.75) is 39.2 Å². The molecular weight excluding hydrogens is 412 g/mol. The van der Waals surface area contributed by atoms with Gasteiger partial charge in [-0.05, 0) is 38.8 Å². The molecule has 1 saturated heterocycles. The standard InChI is InChI=1S/C23H30N4O5/c1-4-32-23(31)17-10-12-26(13-11-17)21(29)15-25(3)22(30)19-14-20(16(2)28)27(24-19)18-8-6-5-7-9-18/h5-9,17,20H,4,10-15H2,1-3H3. The maximum atomic E-state index is 12.9. The van der Waals surface area contributed by atoms with Crippen molar-refractivity contribution in [1.29, 1.82) is 0 Å². The Morgan fingerprint density at radius 3 is 2.38 bits per heavy atom. The van der Waals surface area contributed by atoms with E-state index < -0.39 is 6.04 Å². The van der Waals surface area contributed by atoms with Crippen molar-refractivity contribution in [2.75, 3.05) is 38.3 Å². The maximum Gasteiger partial charge on any atom is 0.309 e. The zero-order valence-corrected chi connectivity index (χ0v) is 18.8. The van der Waals surface area contributed by atoms with E-state index in [0.29, 0.717) is 32.5 Å². The van der Waals surface area contributed by atoms with Gasteiger partial charge in [0.1, 0.15) is 11.8 Å². The first-order valence-electron chi connectivity index (χ1n) is 10.9. The second kappa shape index (κ2) is 10.4. The zero-order chi connectivity index (χ0) is 23.3. The number of para-hydroxylation sites is 1. The third kappa shape index (κ3) is 5.33. The minimum Gasteiger partial charge on any atom is -0.466 e. The minimum atomic E-state index is -0.539. The molecule has 0 spiro atoms. The van der Waals surface area contributed by atoms with Gasteiger partial charge in [-0.1, -0.05) is 18.2 Å². The monoisotopic (exact) mass is 442 g/mol. The van der Waals surface area contributed by atoms with E-state index in [4.69, 9.17) is 4.74 Å². The van der Waals surface area contributed by atoms with E-state index in [-0.39, 0.29) is 48.2 Å². The Morgan fingerprint density at radius 2 is 1.78 bits per heavy atom. The van der Waals surface area contributed by atoms with Crippen LogP contribution in [0, 0.1) is 5.92 Å². The van der Waals surface area contributed by atoms with Gasteiger partial charge in [-0.25, -0.2) is 0 Å². The second-order valence-corrected chi connectivity index (χ2v) is 8.13. The fourth-order valence-corrected chi connectivity index (χ4v) is 3.99. The van der Waals surface area contributed by atoms with Crippen molar-refractivity contribution < 1.29 is 23.9 Å². The van der Waals surface area contributed by atoms with Crippen LogP contribution in [0.25, 0.3) is 0 Å². The van der Waals surface area contributed by atoms with Crippen LogP contribution in [0.4, 0.5) is 5.69 Å². The largest absolute Gasteiger partial charge is 0.466 e. The molecule has 0 radical (unpaired) electrons. The fourth-order valence-electron chi connectivity index (χ4n) is 3.99. The van der Waals surface area contributed by atoms with Crippen molar-refractivity contribution in [1.82, 2.24) is 9.80 Å². The summed E-state index contributed by atoms with van der Waals surface area (Å²) in [6.07, 6.45) is 1.31. The lowest BCUT2D eigenvalue weighted by Crippen LogP contribution is -2.46. The number of nitrogens with zero attached hydrogens (tertiary/aromatic N) is 4. The Balaban J connectivity index is 1.59. The number of piperidine rings is 1. The van der Waals surface area contributed by atoms with Crippen molar-refractivity contribution in [2.24, 2.45) is 11.0 Å². The van der Waals surface area contributed by atoms with Gasteiger partial charge in [-0.2, -0.15) is 5.10 Å². The molecule has 1 aromatic carbocycles. The first-order valence-corrected chi connectivity index (χ1v) is 10.9. The number of likely N-dealkylation sites (N-methyl/N-ethyl adjacent to an activating group) is 1. The third-order valence-corrected chi connectivity index (χ3v) is 5.83. The summed E-state index contributed by atoms with van der Waals surface area (Å²) >= 11 is 0. The number of ketones is 1. The molecule has 0 bridgehead atoms. The predicted octanol–water partition coefficient (Wildman–Crippen LogP) is 1.47. The van der Waals surface area contributed by atoms with Crippen molar-refractivity contribution >= 4 is 35.0 Å². The van der Waals surface area contributed by atoms with E-state index in [9.17, 15) is 19.2 Å². The SMILES string of the molecule is CCOC(=O)C1CCN(C(=O)CN(C)C(=O)C2=NN(c3ccccc3)C(C(C)=O)C2)CC1. The number of esters is 1. The summed E-state index contributed by atoms with van der Waals surface area (Å²) in [6, 6.07) is 8.69. The summed E-state index contributed by atoms with van der Waals surface area (Å²) in [4.78, 5) is 52.7. The Kier molecular flexibility index (Phi) is 7.61. The molecule has 1 fully saturated rings. The lowest BCUT2D eigenvalue weighted by molar-refractivity contribution is -0.151. The molecule has 3 rings (SSSR count). The van der Waals surface area contributed by atoms with Crippen molar-refractivity contribution in [3.05, 3.63) is 30.3 Å². The van der Waals surface area contributed by atoms with Crippen LogP contribution < -0.4 is 5.01 Å².